The molecule has 0 atom stereocenters. The molecule has 0 bridgehead atoms. The average Bonchev–Trinajstić information content (AvgIpc) is 3.25. The van der Waals surface area contributed by atoms with Crippen LogP contribution in [0.15, 0.2) is 61.6 Å². The van der Waals surface area contributed by atoms with E-state index in [4.69, 9.17) is 14.6 Å². The van der Waals surface area contributed by atoms with Crippen LogP contribution in [0.4, 0.5) is 5.69 Å². The van der Waals surface area contributed by atoms with Crippen molar-refractivity contribution in [1.29, 1.82) is 5.26 Å². The second kappa shape index (κ2) is 7.38. The van der Waals surface area contributed by atoms with Gasteiger partial charge in [-0.25, -0.2) is 4.52 Å². The van der Waals surface area contributed by atoms with Gasteiger partial charge in [0.2, 0.25) is 0 Å². The lowest BCUT2D eigenvalue weighted by Crippen LogP contribution is -2.41. The molecule has 0 saturated carbocycles. The Balaban J connectivity index is 1.69. The van der Waals surface area contributed by atoms with Crippen LogP contribution < -0.4 is 10.4 Å². The Bertz CT molecular complexity index is 1190. The van der Waals surface area contributed by atoms with Crippen molar-refractivity contribution in [3.8, 4) is 6.07 Å². The minimum absolute atomic E-state index is 0.247. The summed E-state index contributed by atoms with van der Waals surface area (Å²) in [6.45, 7) is 11.7. The minimum atomic E-state index is -0.582. The number of carbonyl (C=O) groups excluding carboxylic acids is 1. The van der Waals surface area contributed by atoms with Crippen molar-refractivity contribution in [2.24, 2.45) is 0 Å². The molecule has 8 heteroatoms. The van der Waals surface area contributed by atoms with Crippen LogP contribution in [-0.2, 0) is 9.31 Å². The number of nitrogens with zero attached hydrogens (tertiary/aromatic N) is 4. The van der Waals surface area contributed by atoms with Gasteiger partial charge in [-0.15, -0.1) is 0 Å². The number of benzene rings is 1. The van der Waals surface area contributed by atoms with Crippen molar-refractivity contribution >= 4 is 29.7 Å². The van der Waals surface area contributed by atoms with Crippen LogP contribution >= 0.6 is 0 Å². The third-order valence-corrected chi connectivity index (χ3v) is 5.98. The highest BCUT2D eigenvalue weighted by molar-refractivity contribution is 6.64. The number of pyridine rings is 1. The molecule has 0 radical (unpaired) electrons. The van der Waals surface area contributed by atoms with Crippen LogP contribution in [0, 0.1) is 11.3 Å². The Kier molecular flexibility index (Phi) is 4.96. The second-order valence-corrected chi connectivity index (χ2v) is 8.45. The van der Waals surface area contributed by atoms with Crippen LogP contribution in [-0.4, -0.2) is 33.8 Å². The molecule has 1 aromatic carbocycles. The van der Waals surface area contributed by atoms with Gasteiger partial charge in [0, 0.05) is 35.3 Å². The Labute approximate surface area is 181 Å². The fourth-order valence-corrected chi connectivity index (χ4v) is 3.43. The van der Waals surface area contributed by atoms with Gasteiger partial charge in [-0.1, -0.05) is 6.58 Å². The van der Waals surface area contributed by atoms with Crippen LogP contribution in [0.25, 0.3) is 5.52 Å². The van der Waals surface area contributed by atoms with Gasteiger partial charge in [0.15, 0.2) is 0 Å². The lowest BCUT2D eigenvalue weighted by molar-refractivity contribution is 0.00578. The third-order valence-electron chi connectivity index (χ3n) is 5.98. The second-order valence-electron chi connectivity index (χ2n) is 8.45. The van der Waals surface area contributed by atoms with Gasteiger partial charge in [-0.3, -0.25) is 9.69 Å². The molecule has 1 aliphatic heterocycles. The highest BCUT2D eigenvalue weighted by Crippen LogP contribution is 2.36. The summed E-state index contributed by atoms with van der Waals surface area (Å²) in [7, 11) is -0.582. The zero-order valence-corrected chi connectivity index (χ0v) is 18.0. The van der Waals surface area contributed by atoms with Gasteiger partial charge in [0.25, 0.3) is 5.91 Å². The summed E-state index contributed by atoms with van der Waals surface area (Å²) in [5.74, 6) is -0.247. The lowest BCUT2D eigenvalue weighted by Gasteiger charge is -2.32. The smallest absolute Gasteiger partial charge is 0.399 e. The monoisotopic (exact) mass is 414 g/mol. The van der Waals surface area contributed by atoms with E-state index < -0.39 is 18.3 Å². The molecule has 31 heavy (non-hydrogen) atoms. The zero-order valence-electron chi connectivity index (χ0n) is 18.0. The number of nitriles is 1. The number of anilines is 1. The maximum atomic E-state index is 13.2. The van der Waals surface area contributed by atoms with E-state index in [1.54, 1.807) is 53.3 Å². The molecule has 1 fully saturated rings. The van der Waals surface area contributed by atoms with E-state index >= 15 is 0 Å². The maximum Gasteiger partial charge on any atom is 0.498 e. The molecule has 3 heterocycles. The predicted molar refractivity (Wildman–Crippen MR) is 119 cm³/mol. The number of carbonyl (C=O) groups is 1. The van der Waals surface area contributed by atoms with Gasteiger partial charge in [-0.05, 0) is 64.1 Å². The van der Waals surface area contributed by atoms with E-state index in [0.717, 1.165) is 11.0 Å². The highest BCUT2D eigenvalue weighted by atomic mass is 16.7. The molecular weight excluding hydrogens is 391 g/mol. The number of aromatic nitrogens is 2. The molecule has 1 amide bonds. The molecule has 156 valence electrons. The summed E-state index contributed by atoms with van der Waals surface area (Å²) in [4.78, 5) is 14.7. The van der Waals surface area contributed by atoms with Gasteiger partial charge in [0.1, 0.15) is 0 Å². The van der Waals surface area contributed by atoms with Crippen molar-refractivity contribution in [2.45, 2.75) is 38.9 Å². The van der Waals surface area contributed by atoms with Gasteiger partial charge in [0.05, 0.1) is 28.4 Å². The normalized spacial score (nSPS) is 16.8. The molecule has 0 spiro atoms. The largest absolute Gasteiger partial charge is 0.498 e. The average molecular weight is 414 g/mol. The minimum Gasteiger partial charge on any atom is -0.399 e. The number of rotatable bonds is 4. The van der Waals surface area contributed by atoms with E-state index in [1.165, 1.54) is 11.1 Å². The first-order valence-electron chi connectivity index (χ1n) is 9.96. The summed E-state index contributed by atoms with van der Waals surface area (Å²) in [6.07, 6.45) is 4.90. The van der Waals surface area contributed by atoms with Gasteiger partial charge < -0.3 is 9.31 Å². The molecule has 1 aliphatic rings. The first-order chi connectivity index (χ1) is 14.7. The molecule has 4 rings (SSSR count). The molecule has 7 nitrogen and oxygen atoms in total. The SMILES string of the molecule is C=CN(C(=O)c1ccn2ncc(B3OC(C)(C)C(C)(C)O3)c2c1)c1ccc(C#N)cc1. The van der Waals surface area contributed by atoms with E-state index in [1.807, 2.05) is 27.7 Å². The van der Waals surface area contributed by atoms with Gasteiger partial charge in [-0.2, -0.15) is 10.4 Å². The first kappa shape index (κ1) is 20.9. The summed E-state index contributed by atoms with van der Waals surface area (Å²) in [5, 5.41) is 13.4. The summed E-state index contributed by atoms with van der Waals surface area (Å²) in [6, 6.07) is 12.3. The van der Waals surface area contributed by atoms with Crippen LogP contribution in [0.2, 0.25) is 0 Å². The molecule has 1 saturated heterocycles. The van der Waals surface area contributed by atoms with Crippen molar-refractivity contribution in [3.05, 3.63) is 72.7 Å². The van der Waals surface area contributed by atoms with E-state index in [9.17, 15) is 4.79 Å². The van der Waals surface area contributed by atoms with E-state index in [0.29, 0.717) is 16.8 Å². The zero-order chi connectivity index (χ0) is 22.4. The first-order valence-corrected chi connectivity index (χ1v) is 9.96. The van der Waals surface area contributed by atoms with Crippen molar-refractivity contribution < 1.29 is 14.1 Å². The predicted octanol–water partition coefficient (Wildman–Crippen LogP) is 3.30. The fourth-order valence-electron chi connectivity index (χ4n) is 3.43. The van der Waals surface area contributed by atoms with Crippen LogP contribution in [0.1, 0.15) is 43.6 Å². The summed E-state index contributed by atoms with van der Waals surface area (Å²) < 4.78 is 14.0. The molecule has 3 aromatic rings. The number of hydrogen-bond acceptors (Lipinski definition) is 5. The molecule has 0 aliphatic carbocycles. The maximum absolute atomic E-state index is 13.2. The van der Waals surface area contributed by atoms with E-state index in [2.05, 4.69) is 17.7 Å². The van der Waals surface area contributed by atoms with Crippen molar-refractivity contribution in [1.82, 2.24) is 9.61 Å². The van der Waals surface area contributed by atoms with Crippen LogP contribution in [0.3, 0.4) is 0 Å². The topological polar surface area (TPSA) is 79.9 Å². The van der Waals surface area contributed by atoms with Crippen LogP contribution in [0.5, 0.6) is 0 Å². The molecule has 2 aromatic heterocycles. The summed E-state index contributed by atoms with van der Waals surface area (Å²) >= 11 is 0. The summed E-state index contributed by atoms with van der Waals surface area (Å²) in [5.41, 5.74) is 2.15. The Hall–Kier alpha value is -3.41. The van der Waals surface area contributed by atoms with E-state index in [-0.39, 0.29) is 5.91 Å². The fraction of sp³-hybridized carbons (Fsp3) is 0.261. The third kappa shape index (κ3) is 3.52. The molecule has 0 N–H and O–H groups in total. The standard InChI is InChI=1S/C23H23BN4O3/c1-6-27(18-9-7-16(14-25)8-10-18)21(29)17-11-12-28-20(13-17)19(15-26-28)24-30-22(2,3)23(4,5)31-24/h6-13,15H,1H2,2-5H3. The van der Waals surface area contributed by atoms with Gasteiger partial charge >= 0.3 is 7.12 Å². The number of amides is 1. The lowest BCUT2D eigenvalue weighted by atomic mass is 9.80. The van der Waals surface area contributed by atoms with Crippen molar-refractivity contribution in [2.75, 3.05) is 4.90 Å². The molecule has 0 unspecified atom stereocenters. The number of fused-ring (bicyclic) bond motifs is 1. The highest BCUT2D eigenvalue weighted by Gasteiger charge is 2.52. The Morgan fingerprint density at radius 2 is 1.84 bits per heavy atom. The Morgan fingerprint density at radius 3 is 2.42 bits per heavy atom. The number of hydrogen-bond donors (Lipinski definition) is 0. The molecular formula is C23H23BN4O3. The quantitative estimate of drug-likeness (QED) is 0.612. The van der Waals surface area contributed by atoms with Crippen molar-refractivity contribution in [3.63, 3.8) is 0 Å². The Morgan fingerprint density at radius 1 is 1.19 bits per heavy atom.